The Hall–Kier alpha value is -0.800. The monoisotopic (exact) mass is 435 g/mol. The van der Waals surface area contributed by atoms with Gasteiger partial charge < -0.3 is 10.4 Å². The Morgan fingerprint density at radius 3 is 1.74 bits per heavy atom. The van der Waals surface area contributed by atoms with Gasteiger partial charge in [0, 0.05) is 13.3 Å². The van der Waals surface area contributed by atoms with Crippen LogP contribution in [-0.2, 0) is 0 Å². The second kappa shape index (κ2) is 18.7. The maximum absolute atomic E-state index is 10.2. The normalized spacial score (nSPS) is 21.7. The highest BCUT2D eigenvalue weighted by Gasteiger charge is 2.40. The number of nitrogens with one attached hydrogen (secondary N) is 1. The molecule has 0 amide bonds. The zero-order valence-corrected chi connectivity index (χ0v) is 21.3. The van der Waals surface area contributed by atoms with Gasteiger partial charge in [-0.15, -0.1) is 0 Å². The van der Waals surface area contributed by atoms with Gasteiger partial charge in [-0.2, -0.15) is 0 Å². The molecule has 0 aromatic rings. The first-order chi connectivity index (χ1) is 15.2. The van der Waals surface area contributed by atoms with E-state index in [0.717, 1.165) is 13.0 Å². The highest BCUT2D eigenvalue weighted by Crippen LogP contribution is 2.26. The fraction of sp³-hybridized carbons (Fsp3) is 0.857. The summed E-state index contributed by atoms with van der Waals surface area (Å²) < 4.78 is 0.677. The number of rotatable bonds is 21. The molecule has 0 aromatic carbocycles. The smallest absolute Gasteiger partial charge is 0.193 e. The maximum Gasteiger partial charge on any atom is 0.193 e. The van der Waals surface area contributed by atoms with Crippen LogP contribution in [0.2, 0.25) is 0 Å². The van der Waals surface area contributed by atoms with Gasteiger partial charge in [0.2, 0.25) is 0 Å². The number of hydrogen-bond donors (Lipinski definition) is 2. The Labute approximate surface area is 195 Å². The molecule has 2 N–H and O–H groups in total. The predicted octanol–water partition coefficient (Wildman–Crippen LogP) is 8.16. The minimum atomic E-state index is -0.335. The number of allylic oxidation sites excluding steroid dienone is 2. The van der Waals surface area contributed by atoms with Gasteiger partial charge in [-0.3, -0.25) is 4.48 Å². The largest absolute Gasteiger partial charge is 0.345 e. The number of unbranched alkanes of at least 4 members (excludes halogenated alkanes) is 15. The van der Waals surface area contributed by atoms with Crippen molar-refractivity contribution in [1.82, 2.24) is 5.32 Å². The highest BCUT2D eigenvalue weighted by molar-refractivity contribution is 4.84. The van der Waals surface area contributed by atoms with E-state index in [1.165, 1.54) is 109 Å². The van der Waals surface area contributed by atoms with Crippen LogP contribution in [0.15, 0.2) is 24.6 Å². The summed E-state index contributed by atoms with van der Waals surface area (Å²) in [5.74, 6) is 0. The standard InChI is InChI=1S/C28H55N2O/c1-4-6-7-8-9-10-11-12-13-14-15-16-17-18-19-20-21-22-23-24-28-29-25-26-30(28,5-2)27(3)31/h8-9,25-29,31H,4-7,10-24H2,1-3H3/q+1/b9-8+. The SMILES string of the molecule is CCCC/C=C/CCCCCCCCCCCCCCCC1NC=C[N+]1(CC)C(C)O. The lowest BCUT2D eigenvalue weighted by Gasteiger charge is -2.39. The van der Waals surface area contributed by atoms with Gasteiger partial charge in [0.05, 0.1) is 12.7 Å². The average molecular weight is 436 g/mol. The molecule has 0 fully saturated rings. The molecule has 0 bridgehead atoms. The average Bonchev–Trinajstić information content (AvgIpc) is 3.19. The molecule has 1 aliphatic rings. The first-order valence-corrected chi connectivity index (χ1v) is 13.8. The molecule has 3 atom stereocenters. The van der Waals surface area contributed by atoms with E-state index in [9.17, 15) is 5.11 Å². The molecule has 1 rings (SSSR count). The van der Waals surface area contributed by atoms with Crippen molar-refractivity contribution < 1.29 is 9.59 Å². The summed E-state index contributed by atoms with van der Waals surface area (Å²) in [4.78, 5) is 0. The molecule has 1 heterocycles. The third-order valence-corrected chi connectivity index (χ3v) is 7.20. The van der Waals surface area contributed by atoms with Crippen molar-refractivity contribution in [2.24, 2.45) is 0 Å². The molecule has 3 heteroatoms. The molecule has 1 aliphatic heterocycles. The van der Waals surface area contributed by atoms with Crippen LogP contribution in [-0.4, -0.2) is 28.5 Å². The van der Waals surface area contributed by atoms with E-state index in [-0.39, 0.29) is 6.23 Å². The second-order valence-electron chi connectivity index (χ2n) is 9.73. The topological polar surface area (TPSA) is 32.3 Å². The number of aliphatic hydroxyl groups is 1. The van der Waals surface area contributed by atoms with E-state index in [2.05, 4.69) is 37.5 Å². The van der Waals surface area contributed by atoms with Crippen molar-refractivity contribution >= 4 is 0 Å². The minimum Gasteiger partial charge on any atom is -0.345 e. The van der Waals surface area contributed by atoms with Crippen molar-refractivity contribution in [3.63, 3.8) is 0 Å². The summed E-state index contributed by atoms with van der Waals surface area (Å²) in [5.41, 5.74) is 0. The highest BCUT2D eigenvalue weighted by atomic mass is 16.3. The van der Waals surface area contributed by atoms with Crippen LogP contribution in [0.3, 0.4) is 0 Å². The van der Waals surface area contributed by atoms with Gasteiger partial charge in [-0.1, -0.05) is 103 Å². The Kier molecular flexibility index (Phi) is 17.1. The Bertz CT molecular complexity index is 460. The molecule has 3 nitrogen and oxygen atoms in total. The Balaban J connectivity index is 1.83. The molecular weight excluding hydrogens is 380 g/mol. The lowest BCUT2D eigenvalue weighted by Crippen LogP contribution is -2.57. The zero-order valence-electron chi connectivity index (χ0n) is 21.3. The Morgan fingerprint density at radius 2 is 1.26 bits per heavy atom. The summed E-state index contributed by atoms with van der Waals surface area (Å²) in [5, 5.41) is 13.7. The molecule has 3 unspecified atom stereocenters. The molecule has 182 valence electrons. The molecule has 0 saturated carbocycles. The van der Waals surface area contributed by atoms with Crippen LogP contribution in [0.4, 0.5) is 0 Å². The van der Waals surface area contributed by atoms with Crippen molar-refractivity contribution in [1.29, 1.82) is 0 Å². The number of hydrogen-bond acceptors (Lipinski definition) is 2. The number of quaternary nitrogens is 1. The van der Waals surface area contributed by atoms with E-state index in [1.807, 2.05) is 13.1 Å². The Morgan fingerprint density at radius 1 is 0.774 bits per heavy atom. The quantitative estimate of drug-likeness (QED) is 0.108. The van der Waals surface area contributed by atoms with Gasteiger partial charge in [-0.05, 0) is 32.6 Å². The molecule has 0 radical (unpaired) electrons. The summed E-state index contributed by atoms with van der Waals surface area (Å²) in [6.45, 7) is 7.30. The number of nitrogens with zero attached hydrogens (tertiary/aromatic N) is 1. The second-order valence-corrected chi connectivity index (χ2v) is 9.73. The van der Waals surface area contributed by atoms with E-state index in [0.29, 0.717) is 10.6 Å². The van der Waals surface area contributed by atoms with Crippen LogP contribution in [0.5, 0.6) is 0 Å². The van der Waals surface area contributed by atoms with Gasteiger partial charge in [0.1, 0.15) is 6.20 Å². The van der Waals surface area contributed by atoms with E-state index < -0.39 is 0 Å². The molecule has 0 saturated heterocycles. The van der Waals surface area contributed by atoms with Crippen molar-refractivity contribution in [2.75, 3.05) is 6.54 Å². The fourth-order valence-corrected chi connectivity index (χ4v) is 4.94. The molecule has 0 aromatic heterocycles. The van der Waals surface area contributed by atoms with Crippen LogP contribution in [0.25, 0.3) is 0 Å². The third kappa shape index (κ3) is 12.1. The lowest BCUT2D eigenvalue weighted by molar-refractivity contribution is -0.942. The number of aliphatic hydroxyl groups excluding tert-OH is 1. The van der Waals surface area contributed by atoms with Gasteiger partial charge in [-0.25, -0.2) is 0 Å². The van der Waals surface area contributed by atoms with Gasteiger partial charge in [0.15, 0.2) is 12.4 Å². The first kappa shape index (κ1) is 28.2. The van der Waals surface area contributed by atoms with E-state index in [4.69, 9.17) is 0 Å². The van der Waals surface area contributed by atoms with Crippen LogP contribution in [0.1, 0.15) is 136 Å². The predicted molar refractivity (Wildman–Crippen MR) is 136 cm³/mol. The molecule has 31 heavy (non-hydrogen) atoms. The zero-order chi connectivity index (χ0) is 22.6. The summed E-state index contributed by atoms with van der Waals surface area (Å²) in [6, 6.07) is 0. The third-order valence-electron chi connectivity index (χ3n) is 7.20. The minimum absolute atomic E-state index is 0.335. The van der Waals surface area contributed by atoms with Crippen molar-refractivity contribution in [2.45, 2.75) is 149 Å². The van der Waals surface area contributed by atoms with E-state index in [1.54, 1.807) is 0 Å². The van der Waals surface area contributed by atoms with Crippen molar-refractivity contribution in [3.05, 3.63) is 24.6 Å². The van der Waals surface area contributed by atoms with Crippen LogP contribution < -0.4 is 5.32 Å². The van der Waals surface area contributed by atoms with Crippen LogP contribution in [0, 0.1) is 0 Å². The lowest BCUT2D eigenvalue weighted by atomic mass is 10.0. The maximum atomic E-state index is 10.2. The van der Waals surface area contributed by atoms with E-state index >= 15 is 0 Å². The summed E-state index contributed by atoms with van der Waals surface area (Å²) in [6.07, 6.45) is 33.5. The molecular formula is C28H55N2O+. The van der Waals surface area contributed by atoms with Gasteiger partial charge in [0.25, 0.3) is 0 Å². The van der Waals surface area contributed by atoms with Crippen LogP contribution >= 0.6 is 0 Å². The summed E-state index contributed by atoms with van der Waals surface area (Å²) >= 11 is 0. The van der Waals surface area contributed by atoms with Gasteiger partial charge >= 0.3 is 0 Å². The molecule has 0 spiro atoms. The first-order valence-electron chi connectivity index (χ1n) is 13.8. The molecule has 0 aliphatic carbocycles. The van der Waals surface area contributed by atoms with Crippen molar-refractivity contribution in [3.8, 4) is 0 Å². The fourth-order valence-electron chi connectivity index (χ4n) is 4.94. The summed E-state index contributed by atoms with van der Waals surface area (Å²) in [7, 11) is 0.